The molecule has 0 radical (unpaired) electrons. The SMILES string of the molecule is Cn1cc(-c2cc(F)c3[nH]nc(C(=O)NC4CCN(C5CC5)CC4)c3c2)cn1. The molecule has 1 saturated heterocycles. The van der Waals surface area contributed by atoms with Crippen LogP contribution in [0.1, 0.15) is 36.2 Å². The molecule has 8 heteroatoms. The smallest absolute Gasteiger partial charge is 0.272 e. The highest BCUT2D eigenvalue weighted by Gasteiger charge is 2.32. The molecule has 2 fully saturated rings. The molecule has 0 bridgehead atoms. The molecule has 1 aliphatic carbocycles. The number of piperidine rings is 1. The molecule has 5 rings (SSSR count). The van der Waals surface area contributed by atoms with E-state index in [9.17, 15) is 9.18 Å². The Morgan fingerprint density at radius 3 is 2.68 bits per heavy atom. The van der Waals surface area contributed by atoms with Crippen LogP contribution in [-0.2, 0) is 7.05 Å². The second-order valence-corrected chi connectivity index (χ2v) is 7.87. The fourth-order valence-corrected chi connectivity index (χ4v) is 4.09. The predicted molar refractivity (Wildman–Crippen MR) is 103 cm³/mol. The third-order valence-electron chi connectivity index (χ3n) is 5.81. The average molecular weight is 382 g/mol. The van der Waals surface area contributed by atoms with Gasteiger partial charge in [0, 0.05) is 49.4 Å². The molecule has 1 aliphatic heterocycles. The molecule has 2 aromatic heterocycles. The fourth-order valence-electron chi connectivity index (χ4n) is 4.09. The largest absolute Gasteiger partial charge is 0.348 e. The summed E-state index contributed by atoms with van der Waals surface area (Å²) in [6.45, 7) is 2.05. The minimum absolute atomic E-state index is 0.139. The summed E-state index contributed by atoms with van der Waals surface area (Å²) in [5, 5.41) is 14.5. The van der Waals surface area contributed by atoms with E-state index >= 15 is 0 Å². The number of likely N-dealkylation sites (tertiary alicyclic amines) is 1. The molecule has 2 N–H and O–H groups in total. The summed E-state index contributed by atoms with van der Waals surface area (Å²) in [4.78, 5) is 15.3. The number of nitrogens with one attached hydrogen (secondary N) is 2. The van der Waals surface area contributed by atoms with Crippen LogP contribution < -0.4 is 5.32 Å². The molecule has 28 heavy (non-hydrogen) atoms. The second kappa shape index (κ2) is 6.70. The number of fused-ring (bicyclic) bond motifs is 1. The highest BCUT2D eigenvalue weighted by molar-refractivity contribution is 6.05. The number of halogens is 1. The topological polar surface area (TPSA) is 78.8 Å². The van der Waals surface area contributed by atoms with E-state index in [0.29, 0.717) is 10.9 Å². The van der Waals surface area contributed by atoms with Gasteiger partial charge >= 0.3 is 0 Å². The van der Waals surface area contributed by atoms with Crippen LogP contribution >= 0.6 is 0 Å². The number of benzene rings is 1. The highest BCUT2D eigenvalue weighted by atomic mass is 19.1. The number of H-pyrrole nitrogens is 1. The predicted octanol–water partition coefficient (Wildman–Crippen LogP) is 2.46. The molecule has 7 nitrogen and oxygen atoms in total. The molecule has 1 amide bonds. The van der Waals surface area contributed by atoms with Crippen LogP contribution in [0, 0.1) is 5.82 Å². The first-order chi connectivity index (χ1) is 13.6. The van der Waals surface area contributed by atoms with Gasteiger partial charge in [0.25, 0.3) is 5.91 Å². The normalized spacial score (nSPS) is 18.6. The van der Waals surface area contributed by atoms with Gasteiger partial charge in [-0.15, -0.1) is 0 Å². The lowest BCUT2D eigenvalue weighted by atomic mass is 10.0. The van der Waals surface area contributed by atoms with E-state index in [0.717, 1.165) is 37.5 Å². The molecule has 1 aromatic carbocycles. The van der Waals surface area contributed by atoms with Crippen LogP contribution in [0.3, 0.4) is 0 Å². The van der Waals surface area contributed by atoms with Crippen LogP contribution in [-0.4, -0.2) is 56.0 Å². The van der Waals surface area contributed by atoms with E-state index in [4.69, 9.17) is 0 Å². The molecular weight excluding hydrogens is 359 g/mol. The molecule has 3 aromatic rings. The Bertz CT molecular complexity index is 1030. The molecule has 146 valence electrons. The van der Waals surface area contributed by atoms with Crippen LogP contribution in [0.25, 0.3) is 22.0 Å². The van der Waals surface area contributed by atoms with Crippen molar-refractivity contribution in [3.05, 3.63) is 36.0 Å². The zero-order valence-corrected chi connectivity index (χ0v) is 15.8. The van der Waals surface area contributed by atoms with Gasteiger partial charge in [-0.1, -0.05) is 0 Å². The number of rotatable bonds is 4. The summed E-state index contributed by atoms with van der Waals surface area (Å²) < 4.78 is 16.2. The van der Waals surface area contributed by atoms with Crippen molar-refractivity contribution in [2.75, 3.05) is 13.1 Å². The van der Waals surface area contributed by atoms with Gasteiger partial charge in [-0.05, 0) is 43.4 Å². The van der Waals surface area contributed by atoms with Crippen molar-refractivity contribution in [2.24, 2.45) is 7.05 Å². The number of aryl methyl sites for hydroxylation is 1. The van der Waals surface area contributed by atoms with E-state index in [2.05, 4.69) is 25.5 Å². The molecule has 0 spiro atoms. The lowest BCUT2D eigenvalue weighted by Crippen LogP contribution is -2.45. The Morgan fingerprint density at radius 2 is 2.00 bits per heavy atom. The quantitative estimate of drug-likeness (QED) is 0.727. The van der Waals surface area contributed by atoms with E-state index < -0.39 is 5.82 Å². The molecular formula is C20H23FN6O. The number of carbonyl (C=O) groups is 1. The Balaban J connectivity index is 1.37. The molecule has 2 aliphatic rings. The van der Waals surface area contributed by atoms with Gasteiger partial charge in [0.05, 0.1) is 6.20 Å². The Labute approximate surface area is 161 Å². The average Bonchev–Trinajstić information content (AvgIpc) is 3.29. The van der Waals surface area contributed by atoms with Gasteiger partial charge in [-0.2, -0.15) is 10.2 Å². The molecule has 0 atom stereocenters. The number of aromatic amines is 1. The number of aromatic nitrogens is 4. The highest BCUT2D eigenvalue weighted by Crippen LogP contribution is 2.30. The van der Waals surface area contributed by atoms with Crippen LogP contribution in [0.2, 0.25) is 0 Å². The summed E-state index contributed by atoms with van der Waals surface area (Å²) in [5.74, 6) is -0.681. The van der Waals surface area contributed by atoms with Crippen molar-refractivity contribution < 1.29 is 9.18 Å². The summed E-state index contributed by atoms with van der Waals surface area (Å²) >= 11 is 0. The Hall–Kier alpha value is -2.74. The Morgan fingerprint density at radius 1 is 1.21 bits per heavy atom. The number of carbonyl (C=O) groups excluding carboxylic acids is 1. The number of nitrogens with zero attached hydrogens (tertiary/aromatic N) is 4. The number of hydrogen-bond donors (Lipinski definition) is 2. The minimum Gasteiger partial charge on any atom is -0.348 e. The van der Waals surface area contributed by atoms with Crippen molar-refractivity contribution in [1.82, 2.24) is 30.2 Å². The minimum atomic E-state index is -0.430. The maximum atomic E-state index is 14.6. The molecule has 3 heterocycles. The maximum absolute atomic E-state index is 14.6. The van der Waals surface area contributed by atoms with E-state index in [1.807, 2.05) is 13.2 Å². The van der Waals surface area contributed by atoms with Gasteiger partial charge in [-0.3, -0.25) is 14.6 Å². The van der Waals surface area contributed by atoms with Gasteiger partial charge in [0.1, 0.15) is 11.3 Å². The summed E-state index contributed by atoms with van der Waals surface area (Å²) in [5.41, 5.74) is 1.96. The molecule has 1 saturated carbocycles. The van der Waals surface area contributed by atoms with Gasteiger partial charge in [-0.25, -0.2) is 4.39 Å². The lowest BCUT2D eigenvalue weighted by Gasteiger charge is -2.32. The van der Waals surface area contributed by atoms with Crippen molar-refractivity contribution in [2.45, 2.75) is 37.8 Å². The summed E-state index contributed by atoms with van der Waals surface area (Å²) in [7, 11) is 1.81. The van der Waals surface area contributed by atoms with E-state index in [1.54, 1.807) is 16.9 Å². The number of hydrogen-bond acceptors (Lipinski definition) is 4. The third kappa shape index (κ3) is 3.17. The monoisotopic (exact) mass is 382 g/mol. The fraction of sp³-hybridized carbons (Fsp3) is 0.450. The van der Waals surface area contributed by atoms with Gasteiger partial charge < -0.3 is 10.2 Å². The van der Waals surface area contributed by atoms with Crippen LogP contribution in [0.4, 0.5) is 4.39 Å². The van der Waals surface area contributed by atoms with Crippen molar-refractivity contribution >= 4 is 16.8 Å². The van der Waals surface area contributed by atoms with E-state index in [1.165, 1.54) is 18.9 Å². The van der Waals surface area contributed by atoms with Crippen LogP contribution in [0.15, 0.2) is 24.5 Å². The first-order valence-electron chi connectivity index (χ1n) is 9.80. The van der Waals surface area contributed by atoms with Crippen molar-refractivity contribution in [3.63, 3.8) is 0 Å². The Kier molecular flexibility index (Phi) is 4.16. The first kappa shape index (κ1) is 17.4. The summed E-state index contributed by atoms with van der Waals surface area (Å²) in [6.07, 6.45) is 7.99. The lowest BCUT2D eigenvalue weighted by molar-refractivity contribution is 0.0905. The van der Waals surface area contributed by atoms with Crippen LogP contribution in [0.5, 0.6) is 0 Å². The maximum Gasteiger partial charge on any atom is 0.272 e. The van der Waals surface area contributed by atoms with Gasteiger partial charge in [0.15, 0.2) is 5.69 Å². The number of amides is 1. The third-order valence-corrected chi connectivity index (χ3v) is 5.81. The second-order valence-electron chi connectivity index (χ2n) is 7.87. The molecule has 0 unspecified atom stereocenters. The summed E-state index contributed by atoms with van der Waals surface area (Å²) in [6, 6.07) is 4.14. The zero-order valence-electron chi connectivity index (χ0n) is 15.8. The van der Waals surface area contributed by atoms with Gasteiger partial charge in [0.2, 0.25) is 0 Å². The standard InChI is InChI=1S/C20H23FN6O/c1-26-11-13(10-22-26)12-8-16-18(17(21)9-12)24-25-19(16)20(28)23-14-4-6-27(7-5-14)15-2-3-15/h8-11,14-15H,2-7H2,1H3,(H,23,28)(H,24,25). The van der Waals surface area contributed by atoms with Crippen molar-refractivity contribution in [3.8, 4) is 11.1 Å². The first-order valence-corrected chi connectivity index (χ1v) is 9.80. The van der Waals surface area contributed by atoms with Crippen molar-refractivity contribution in [1.29, 1.82) is 0 Å². The van der Waals surface area contributed by atoms with E-state index in [-0.39, 0.29) is 23.2 Å². The zero-order chi connectivity index (χ0) is 19.3.